The lowest BCUT2D eigenvalue weighted by atomic mass is 10.2. The smallest absolute Gasteiger partial charge is 0.410 e. The van der Waals surface area contributed by atoms with Gasteiger partial charge in [-0.25, -0.2) is 33.5 Å². The predicted molar refractivity (Wildman–Crippen MR) is 193 cm³/mol. The fourth-order valence-corrected chi connectivity index (χ4v) is 6.37. The van der Waals surface area contributed by atoms with E-state index in [9.17, 15) is 18.4 Å². The van der Waals surface area contributed by atoms with Gasteiger partial charge in [-0.15, -0.1) is 0 Å². The number of halogens is 6. The molecule has 260 valence electrons. The Morgan fingerprint density at radius 3 is 1.57 bits per heavy atom. The second-order valence-corrected chi connectivity index (χ2v) is 14.5. The van der Waals surface area contributed by atoms with Crippen molar-refractivity contribution in [2.45, 2.75) is 26.4 Å². The zero-order valence-electron chi connectivity index (χ0n) is 26.8. The van der Waals surface area contributed by atoms with Crippen molar-refractivity contribution in [3.05, 3.63) is 68.1 Å². The Labute approximate surface area is 308 Å². The van der Waals surface area contributed by atoms with Gasteiger partial charge in [-0.3, -0.25) is 4.79 Å². The average Bonchev–Trinajstić information content (AvgIpc) is 3.08. The molecule has 0 aliphatic carbocycles. The minimum Gasteiger partial charge on any atom is -0.444 e. The number of benzene rings is 2. The zero-order valence-corrected chi connectivity index (χ0v) is 31.5. The van der Waals surface area contributed by atoms with Crippen molar-refractivity contribution < 1.29 is 23.1 Å². The van der Waals surface area contributed by atoms with E-state index in [4.69, 9.17) is 27.9 Å². The maximum Gasteiger partial charge on any atom is 0.410 e. The van der Waals surface area contributed by atoms with Crippen LogP contribution in [0, 0.1) is 11.6 Å². The third-order valence-corrected chi connectivity index (χ3v) is 10.4. The Morgan fingerprint density at radius 1 is 0.776 bits per heavy atom. The fourth-order valence-electron chi connectivity index (χ4n) is 5.38. The van der Waals surface area contributed by atoms with Crippen LogP contribution in [0.25, 0.3) is 21.8 Å². The molecule has 2 aliphatic heterocycles. The van der Waals surface area contributed by atoms with E-state index in [-0.39, 0.29) is 42.0 Å². The summed E-state index contributed by atoms with van der Waals surface area (Å²) in [5.41, 5.74) is -0.102. The molecule has 2 aromatic heterocycles. The van der Waals surface area contributed by atoms with Crippen LogP contribution in [0.5, 0.6) is 0 Å². The van der Waals surface area contributed by atoms with Crippen LogP contribution >= 0.6 is 55.1 Å². The largest absolute Gasteiger partial charge is 0.444 e. The molecule has 0 radical (unpaired) electrons. The summed E-state index contributed by atoms with van der Waals surface area (Å²) in [6.45, 7) is 13.4. The third-order valence-electron chi connectivity index (χ3n) is 7.78. The number of anilines is 2. The molecule has 4 aromatic rings. The molecule has 49 heavy (non-hydrogen) atoms. The summed E-state index contributed by atoms with van der Waals surface area (Å²) in [5, 5.41) is 1.63. The third kappa shape index (κ3) is 8.16. The van der Waals surface area contributed by atoms with E-state index in [1.165, 1.54) is 18.7 Å². The Morgan fingerprint density at radius 2 is 1.18 bits per heavy atom. The number of piperazine rings is 2. The van der Waals surface area contributed by atoms with Crippen LogP contribution < -0.4 is 9.80 Å². The zero-order chi connectivity index (χ0) is 35.6. The molecule has 4 heterocycles. The molecular formula is C32H32Br2Cl2F2N8O3. The van der Waals surface area contributed by atoms with E-state index < -0.39 is 17.2 Å². The number of hydrogen-bond donors (Lipinski definition) is 0. The summed E-state index contributed by atoms with van der Waals surface area (Å²) in [5.74, 6) is 0.122. The molecule has 0 bridgehead atoms. The van der Waals surface area contributed by atoms with Gasteiger partial charge in [-0.05, 0) is 70.8 Å². The number of fused-ring (bicyclic) bond motifs is 2. The predicted octanol–water partition coefficient (Wildman–Crippen LogP) is 7.26. The number of carbonyl (C=O) groups is 2. The highest BCUT2D eigenvalue weighted by Crippen LogP contribution is 2.36. The van der Waals surface area contributed by atoms with Crippen molar-refractivity contribution in [3.63, 3.8) is 0 Å². The van der Waals surface area contributed by atoms with Gasteiger partial charge in [-0.2, -0.15) is 0 Å². The summed E-state index contributed by atoms with van der Waals surface area (Å²) in [6, 6.07) is 3.31. The molecule has 2 aromatic carbocycles. The Hall–Kier alpha value is -3.40. The molecule has 0 atom stereocenters. The summed E-state index contributed by atoms with van der Waals surface area (Å²) in [6.07, 6.45) is 3.65. The highest BCUT2D eigenvalue weighted by molar-refractivity contribution is 9.10. The summed E-state index contributed by atoms with van der Waals surface area (Å²) in [7, 11) is 0. The second kappa shape index (κ2) is 15.2. The minimum atomic E-state index is -0.529. The van der Waals surface area contributed by atoms with E-state index in [0.717, 1.165) is 0 Å². The minimum absolute atomic E-state index is 0.0878. The van der Waals surface area contributed by atoms with Crippen molar-refractivity contribution in [3.8, 4) is 0 Å². The molecule has 2 aliphatic rings. The molecule has 0 spiro atoms. The molecule has 0 N–H and O–H groups in total. The molecule has 2 amide bonds. The summed E-state index contributed by atoms with van der Waals surface area (Å²) >= 11 is 18.4. The first kappa shape index (κ1) is 36.9. The lowest BCUT2D eigenvalue weighted by molar-refractivity contribution is -0.126. The number of ether oxygens (including phenoxy) is 1. The Kier molecular flexibility index (Phi) is 11.5. The van der Waals surface area contributed by atoms with Gasteiger partial charge in [0.25, 0.3) is 0 Å². The first-order valence-corrected chi connectivity index (χ1v) is 17.5. The number of rotatable bonds is 3. The SMILES string of the molecule is C=CC(=O)N1CCN(c2ncnc3c(F)c(Br)c(Cl)cc23)CC1.CC(C)(C)OC(=O)N1CCN(c2ncnc3c(F)c(Br)c(Cl)cc23)CC1. The average molecular weight is 845 g/mol. The van der Waals surface area contributed by atoms with E-state index in [0.29, 0.717) is 74.8 Å². The highest BCUT2D eigenvalue weighted by Gasteiger charge is 2.28. The van der Waals surface area contributed by atoms with Gasteiger partial charge in [0, 0.05) is 63.1 Å². The van der Waals surface area contributed by atoms with Crippen LogP contribution in [-0.2, 0) is 9.53 Å². The van der Waals surface area contributed by atoms with Gasteiger partial charge in [0.1, 0.15) is 40.9 Å². The number of hydrogen-bond acceptors (Lipinski definition) is 9. The van der Waals surface area contributed by atoms with E-state index in [1.54, 1.807) is 21.9 Å². The normalized spacial score (nSPS) is 15.3. The van der Waals surface area contributed by atoms with Crippen LogP contribution in [0.2, 0.25) is 10.0 Å². The van der Waals surface area contributed by atoms with Crippen LogP contribution in [0.4, 0.5) is 25.2 Å². The van der Waals surface area contributed by atoms with Crippen LogP contribution in [0.1, 0.15) is 20.8 Å². The molecule has 2 fully saturated rings. The van der Waals surface area contributed by atoms with Gasteiger partial charge in [0.05, 0.1) is 19.0 Å². The molecule has 6 rings (SSSR count). The first-order chi connectivity index (χ1) is 23.2. The summed E-state index contributed by atoms with van der Waals surface area (Å²) in [4.78, 5) is 47.8. The Balaban J connectivity index is 0.000000192. The topological polar surface area (TPSA) is 108 Å². The van der Waals surface area contributed by atoms with Crippen molar-refractivity contribution in [1.29, 1.82) is 0 Å². The maximum absolute atomic E-state index is 14.4. The monoisotopic (exact) mass is 842 g/mol. The number of carbonyl (C=O) groups excluding carboxylic acids is 2. The Bertz CT molecular complexity index is 1920. The van der Waals surface area contributed by atoms with Gasteiger partial charge < -0.3 is 24.3 Å². The summed E-state index contributed by atoms with van der Waals surface area (Å²) < 4.78 is 34.5. The van der Waals surface area contributed by atoms with Gasteiger partial charge in [-0.1, -0.05) is 29.8 Å². The molecular weight excluding hydrogens is 813 g/mol. The fraction of sp³-hybridized carbons (Fsp3) is 0.375. The number of nitrogens with zero attached hydrogens (tertiary/aromatic N) is 8. The number of amides is 2. The second-order valence-electron chi connectivity index (χ2n) is 12.1. The molecule has 0 unspecified atom stereocenters. The van der Waals surface area contributed by atoms with Crippen molar-refractivity contribution in [2.75, 3.05) is 62.2 Å². The van der Waals surface area contributed by atoms with E-state index >= 15 is 0 Å². The van der Waals surface area contributed by atoms with Gasteiger partial charge in [0.2, 0.25) is 5.91 Å². The van der Waals surface area contributed by atoms with Crippen LogP contribution in [-0.4, -0.2) is 99.7 Å². The molecule has 2 saturated heterocycles. The molecule has 17 heteroatoms. The van der Waals surface area contributed by atoms with E-state index in [1.807, 2.05) is 30.6 Å². The molecule has 0 saturated carbocycles. The first-order valence-electron chi connectivity index (χ1n) is 15.2. The van der Waals surface area contributed by atoms with Gasteiger partial charge >= 0.3 is 6.09 Å². The van der Waals surface area contributed by atoms with Gasteiger partial charge in [0.15, 0.2) is 11.6 Å². The van der Waals surface area contributed by atoms with E-state index in [2.05, 4.69) is 58.4 Å². The van der Waals surface area contributed by atoms with Crippen LogP contribution in [0.3, 0.4) is 0 Å². The van der Waals surface area contributed by atoms with Crippen molar-refractivity contribution >= 4 is 101 Å². The van der Waals surface area contributed by atoms with Crippen molar-refractivity contribution in [1.82, 2.24) is 29.7 Å². The lowest BCUT2D eigenvalue weighted by Gasteiger charge is -2.36. The maximum atomic E-state index is 14.4. The highest BCUT2D eigenvalue weighted by atomic mass is 79.9. The standard InChI is InChI=1S/C17H19BrClFN4O2.C15H13BrClFN4O/c1-17(2,3)26-16(25)24-6-4-23(5-7-24)15-10-8-11(19)12(18)13(20)14(10)21-9-22-15;1-2-11(23)21-3-5-22(6-4-21)15-9-7-10(17)12(16)13(18)14(9)19-8-20-15/h8-9H,4-7H2,1-3H3;2,7-8H,1,3-6H2. The molecule has 11 nitrogen and oxygen atoms in total. The number of aromatic nitrogens is 4. The van der Waals surface area contributed by atoms with Crippen LogP contribution in [0.15, 0.2) is 46.4 Å². The van der Waals surface area contributed by atoms with Crippen molar-refractivity contribution in [2.24, 2.45) is 0 Å². The quantitative estimate of drug-likeness (QED) is 0.156. The lowest BCUT2D eigenvalue weighted by Crippen LogP contribution is -2.50.